The first kappa shape index (κ1) is 13.5. The van der Waals surface area contributed by atoms with Crippen LogP contribution in [0.5, 0.6) is 0 Å². The Morgan fingerprint density at radius 1 is 1.44 bits per heavy atom. The first-order valence-corrected chi connectivity index (χ1v) is 7.13. The number of alkyl halides is 1. The van der Waals surface area contributed by atoms with E-state index in [0.717, 1.165) is 16.9 Å². The summed E-state index contributed by atoms with van der Waals surface area (Å²) in [4.78, 5) is 12.4. The normalized spacial score (nSPS) is 13.4. The number of rotatable bonds is 4. The Hall–Kier alpha value is -0.910. The highest BCUT2D eigenvalue weighted by Crippen LogP contribution is 2.33. The zero-order chi connectivity index (χ0) is 13.1. The summed E-state index contributed by atoms with van der Waals surface area (Å²) < 4.78 is 27.8. The van der Waals surface area contributed by atoms with Gasteiger partial charge in [-0.1, -0.05) is 28.3 Å². The van der Waals surface area contributed by atoms with E-state index in [-0.39, 0.29) is 5.01 Å². The lowest BCUT2D eigenvalue weighted by atomic mass is 10.2. The summed E-state index contributed by atoms with van der Waals surface area (Å²) in [6, 6.07) is 6.90. The van der Waals surface area contributed by atoms with E-state index in [1.165, 1.54) is 0 Å². The van der Waals surface area contributed by atoms with Crippen molar-refractivity contribution in [2.75, 3.05) is 0 Å². The SMILES string of the molecule is O=[P+](O)OC(F)c1nc(-c2ccc(Cl)cc2)cs1. The van der Waals surface area contributed by atoms with Crippen molar-refractivity contribution < 1.29 is 18.4 Å². The van der Waals surface area contributed by atoms with Gasteiger partial charge in [0.1, 0.15) is 0 Å². The zero-order valence-electron chi connectivity index (χ0n) is 8.79. The van der Waals surface area contributed by atoms with Crippen molar-refractivity contribution in [2.45, 2.75) is 6.36 Å². The van der Waals surface area contributed by atoms with Crippen LogP contribution in [0.3, 0.4) is 0 Å². The molecular formula is C10H7ClFNO3PS+. The van der Waals surface area contributed by atoms with Gasteiger partial charge in [-0.3, -0.25) is 0 Å². The van der Waals surface area contributed by atoms with Crippen molar-refractivity contribution in [1.29, 1.82) is 0 Å². The maximum Gasteiger partial charge on any atom is 0.698 e. The number of hydrogen-bond donors (Lipinski definition) is 1. The Morgan fingerprint density at radius 2 is 2.11 bits per heavy atom. The van der Waals surface area contributed by atoms with Crippen LogP contribution in [0.4, 0.5) is 4.39 Å². The molecule has 0 radical (unpaired) electrons. The number of benzene rings is 1. The van der Waals surface area contributed by atoms with Crippen LogP contribution in [0, 0.1) is 0 Å². The third-order valence-corrected chi connectivity index (χ3v) is 3.52. The highest BCUT2D eigenvalue weighted by Gasteiger charge is 2.26. The van der Waals surface area contributed by atoms with Crippen LogP contribution >= 0.6 is 31.2 Å². The fourth-order valence-electron chi connectivity index (χ4n) is 1.27. The molecule has 1 heterocycles. The Morgan fingerprint density at radius 3 is 2.72 bits per heavy atom. The molecule has 94 valence electrons. The zero-order valence-corrected chi connectivity index (χ0v) is 11.3. The molecule has 0 amide bonds. The molecule has 0 aliphatic heterocycles. The minimum Gasteiger partial charge on any atom is -0.235 e. The fraction of sp³-hybridized carbons (Fsp3) is 0.100. The predicted octanol–water partition coefficient (Wildman–Crippen LogP) is 4.10. The number of halogens is 2. The number of thiazole rings is 1. The van der Waals surface area contributed by atoms with E-state index in [4.69, 9.17) is 16.5 Å². The van der Waals surface area contributed by atoms with Crippen LogP contribution in [0.25, 0.3) is 11.3 Å². The highest BCUT2D eigenvalue weighted by atomic mass is 35.5. The van der Waals surface area contributed by atoms with E-state index in [1.54, 1.807) is 29.6 Å². The first-order valence-electron chi connectivity index (χ1n) is 4.74. The molecule has 2 atom stereocenters. The van der Waals surface area contributed by atoms with Crippen LogP contribution in [0.1, 0.15) is 11.4 Å². The molecule has 0 saturated carbocycles. The number of nitrogens with zero attached hydrogens (tertiary/aromatic N) is 1. The second-order valence-corrected chi connectivity index (χ2v) is 5.25. The van der Waals surface area contributed by atoms with Gasteiger partial charge in [-0.05, 0) is 12.1 Å². The van der Waals surface area contributed by atoms with Crippen LogP contribution in [0.2, 0.25) is 5.02 Å². The van der Waals surface area contributed by atoms with Gasteiger partial charge in [0.2, 0.25) is 0 Å². The highest BCUT2D eigenvalue weighted by molar-refractivity contribution is 7.32. The summed E-state index contributed by atoms with van der Waals surface area (Å²) in [7, 11) is -2.99. The lowest BCUT2D eigenvalue weighted by molar-refractivity contribution is 0.0634. The van der Waals surface area contributed by atoms with Gasteiger partial charge in [-0.2, -0.15) is 0 Å². The molecule has 1 aromatic carbocycles. The molecule has 2 rings (SSSR count). The summed E-state index contributed by atoms with van der Waals surface area (Å²) in [5.41, 5.74) is 1.34. The second-order valence-electron chi connectivity index (χ2n) is 3.24. The monoisotopic (exact) mass is 306 g/mol. The average molecular weight is 307 g/mol. The molecule has 2 unspecified atom stereocenters. The summed E-state index contributed by atoms with van der Waals surface area (Å²) >= 11 is 6.77. The molecule has 2 aromatic rings. The smallest absolute Gasteiger partial charge is 0.235 e. The predicted molar refractivity (Wildman–Crippen MR) is 67.3 cm³/mol. The van der Waals surface area contributed by atoms with Crippen LogP contribution in [-0.2, 0) is 9.09 Å². The third-order valence-electron chi connectivity index (χ3n) is 2.04. The Kier molecular flexibility index (Phi) is 4.37. The molecule has 0 saturated heterocycles. The van der Waals surface area contributed by atoms with Crippen LogP contribution in [-0.4, -0.2) is 9.88 Å². The maximum atomic E-state index is 13.3. The summed E-state index contributed by atoms with van der Waals surface area (Å²) in [5, 5.41) is 2.23. The minimum absolute atomic E-state index is 0.00245. The lowest BCUT2D eigenvalue weighted by Crippen LogP contribution is -1.91. The summed E-state index contributed by atoms with van der Waals surface area (Å²) in [5.74, 6) is 0. The summed E-state index contributed by atoms with van der Waals surface area (Å²) in [6.07, 6.45) is -2.00. The molecule has 0 fully saturated rings. The topological polar surface area (TPSA) is 59.4 Å². The van der Waals surface area contributed by atoms with Crippen LogP contribution in [0.15, 0.2) is 29.6 Å². The van der Waals surface area contributed by atoms with Crippen molar-refractivity contribution in [3.05, 3.63) is 39.7 Å². The van der Waals surface area contributed by atoms with Crippen molar-refractivity contribution in [1.82, 2.24) is 4.98 Å². The van der Waals surface area contributed by atoms with Gasteiger partial charge in [-0.15, -0.1) is 16.2 Å². The third kappa shape index (κ3) is 3.31. The van der Waals surface area contributed by atoms with E-state index in [2.05, 4.69) is 9.51 Å². The van der Waals surface area contributed by atoms with E-state index >= 15 is 0 Å². The minimum atomic E-state index is -2.99. The molecule has 18 heavy (non-hydrogen) atoms. The molecule has 1 N–H and O–H groups in total. The van der Waals surface area contributed by atoms with Gasteiger partial charge in [-0.25, -0.2) is 9.37 Å². The van der Waals surface area contributed by atoms with Gasteiger partial charge in [0.05, 0.1) is 5.69 Å². The molecule has 0 aliphatic carbocycles. The largest absolute Gasteiger partial charge is 0.698 e. The van der Waals surface area contributed by atoms with Gasteiger partial charge in [0.15, 0.2) is 5.01 Å². The first-order chi connectivity index (χ1) is 8.56. The van der Waals surface area contributed by atoms with Gasteiger partial charge in [0.25, 0.3) is 0 Å². The number of hydrogen-bond acceptors (Lipinski definition) is 4. The van der Waals surface area contributed by atoms with Crippen molar-refractivity contribution in [2.24, 2.45) is 0 Å². The molecule has 1 aromatic heterocycles. The number of aromatic nitrogens is 1. The van der Waals surface area contributed by atoms with Gasteiger partial charge < -0.3 is 0 Å². The van der Waals surface area contributed by atoms with Gasteiger partial charge >= 0.3 is 14.6 Å². The fourth-order valence-corrected chi connectivity index (χ4v) is 2.45. The standard InChI is InChI=1S/C10H6ClFNO3PS/c11-7-3-1-6(2-4-7)8-5-18-10(13-8)9(12)16-17(14)15/h1-5,9H/p+1. The van der Waals surface area contributed by atoms with E-state index < -0.39 is 14.6 Å². The Balaban J connectivity index is 2.19. The van der Waals surface area contributed by atoms with E-state index in [1.807, 2.05) is 0 Å². The van der Waals surface area contributed by atoms with Gasteiger partial charge in [0, 0.05) is 20.5 Å². The molecular weight excluding hydrogens is 300 g/mol. The second kappa shape index (κ2) is 5.82. The van der Waals surface area contributed by atoms with E-state index in [0.29, 0.717) is 10.7 Å². The molecule has 0 spiro atoms. The summed E-state index contributed by atoms with van der Waals surface area (Å²) in [6.45, 7) is 0. The molecule has 8 heteroatoms. The molecule has 4 nitrogen and oxygen atoms in total. The molecule has 0 aliphatic rings. The van der Waals surface area contributed by atoms with E-state index in [9.17, 15) is 8.96 Å². The van der Waals surface area contributed by atoms with Crippen molar-refractivity contribution in [3.8, 4) is 11.3 Å². The van der Waals surface area contributed by atoms with Crippen molar-refractivity contribution >= 4 is 31.2 Å². The Labute approximate surface area is 112 Å². The molecule has 0 bridgehead atoms. The quantitative estimate of drug-likeness (QED) is 0.864. The Bertz CT molecular complexity index is 563. The van der Waals surface area contributed by atoms with Crippen molar-refractivity contribution in [3.63, 3.8) is 0 Å². The lowest BCUT2D eigenvalue weighted by Gasteiger charge is -1.97. The average Bonchev–Trinajstić information content (AvgIpc) is 2.78. The van der Waals surface area contributed by atoms with Crippen LogP contribution < -0.4 is 0 Å². The maximum absolute atomic E-state index is 13.3.